The number of hydrogen-bond acceptors (Lipinski definition) is 5. The van der Waals surface area contributed by atoms with Crippen molar-refractivity contribution in [3.05, 3.63) is 45.4 Å². The van der Waals surface area contributed by atoms with Crippen molar-refractivity contribution in [1.82, 2.24) is 9.88 Å². The smallest absolute Gasteiger partial charge is 0.315 e. The van der Waals surface area contributed by atoms with E-state index in [1.54, 1.807) is 4.90 Å². The molecular weight excluding hydrogens is 352 g/mol. The Morgan fingerprint density at radius 2 is 2.15 bits per heavy atom. The van der Waals surface area contributed by atoms with Crippen LogP contribution in [0.4, 0.5) is 0 Å². The van der Waals surface area contributed by atoms with Crippen molar-refractivity contribution in [3.63, 3.8) is 0 Å². The van der Waals surface area contributed by atoms with Crippen LogP contribution in [0, 0.1) is 19.3 Å². The molecule has 1 amide bonds. The van der Waals surface area contributed by atoms with Crippen LogP contribution >= 0.6 is 11.3 Å². The second-order valence-electron chi connectivity index (χ2n) is 7.03. The molecule has 1 N–H and O–H groups in total. The SMILES string of the molecule is Cc1nc(C)c(CC(=O)N2C[C@@H]3c4ccccc4OC[C@]3(C(=O)O)C2)s1. The lowest BCUT2D eigenvalue weighted by Gasteiger charge is -2.35. The zero-order valence-corrected chi connectivity index (χ0v) is 15.5. The maximum Gasteiger partial charge on any atom is 0.315 e. The number of hydrogen-bond donors (Lipinski definition) is 1. The molecule has 0 bridgehead atoms. The van der Waals surface area contributed by atoms with E-state index < -0.39 is 11.4 Å². The fourth-order valence-corrected chi connectivity index (χ4v) is 4.94. The van der Waals surface area contributed by atoms with E-state index in [1.807, 2.05) is 38.1 Å². The Balaban J connectivity index is 1.62. The van der Waals surface area contributed by atoms with Crippen LogP contribution in [0.5, 0.6) is 5.75 Å². The summed E-state index contributed by atoms with van der Waals surface area (Å²) in [5.41, 5.74) is 0.670. The van der Waals surface area contributed by atoms with Gasteiger partial charge in [-0.25, -0.2) is 4.98 Å². The molecule has 2 aromatic rings. The lowest BCUT2D eigenvalue weighted by atomic mass is 9.73. The summed E-state index contributed by atoms with van der Waals surface area (Å²) in [6.45, 7) is 4.49. The Bertz CT molecular complexity index is 893. The van der Waals surface area contributed by atoms with E-state index in [0.29, 0.717) is 6.54 Å². The van der Waals surface area contributed by atoms with Gasteiger partial charge in [0, 0.05) is 29.4 Å². The number of amides is 1. The van der Waals surface area contributed by atoms with Crippen molar-refractivity contribution >= 4 is 23.2 Å². The van der Waals surface area contributed by atoms with Crippen molar-refractivity contribution < 1.29 is 19.4 Å². The van der Waals surface area contributed by atoms with Crippen molar-refractivity contribution in [2.45, 2.75) is 26.2 Å². The monoisotopic (exact) mass is 372 g/mol. The zero-order chi connectivity index (χ0) is 18.5. The summed E-state index contributed by atoms with van der Waals surface area (Å²) in [5.74, 6) is -0.489. The van der Waals surface area contributed by atoms with Gasteiger partial charge in [-0.1, -0.05) is 18.2 Å². The number of nitrogens with zero attached hydrogens (tertiary/aromatic N) is 2. The first-order valence-electron chi connectivity index (χ1n) is 8.56. The standard InChI is InChI=1S/C19H20N2O4S/c1-11-16(26-12(2)20-11)7-17(22)21-8-14-13-5-3-4-6-15(13)25-10-19(14,9-21)18(23)24/h3-6,14H,7-10H2,1-2H3,(H,23,24)/t14-,19-/m1/s1. The number of carboxylic acids is 1. The predicted octanol–water partition coefficient (Wildman–Crippen LogP) is 2.39. The molecule has 6 nitrogen and oxygen atoms in total. The average Bonchev–Trinajstić information content (AvgIpc) is 3.16. The van der Waals surface area contributed by atoms with E-state index in [-0.39, 0.29) is 31.4 Å². The van der Waals surface area contributed by atoms with Gasteiger partial charge in [-0.15, -0.1) is 11.3 Å². The maximum atomic E-state index is 12.9. The summed E-state index contributed by atoms with van der Waals surface area (Å²) in [7, 11) is 0. The van der Waals surface area contributed by atoms with Gasteiger partial charge in [0.2, 0.25) is 5.91 Å². The number of ether oxygens (including phenoxy) is 1. The van der Waals surface area contributed by atoms with Gasteiger partial charge in [0.25, 0.3) is 0 Å². The Morgan fingerprint density at radius 3 is 2.85 bits per heavy atom. The predicted molar refractivity (Wildman–Crippen MR) is 96.6 cm³/mol. The molecule has 1 aromatic heterocycles. The van der Waals surface area contributed by atoms with Crippen LogP contribution in [0.25, 0.3) is 0 Å². The first kappa shape index (κ1) is 17.0. The third-order valence-corrected chi connectivity index (χ3v) is 6.49. The number of likely N-dealkylation sites (tertiary alicyclic amines) is 1. The van der Waals surface area contributed by atoms with E-state index in [9.17, 15) is 14.7 Å². The van der Waals surface area contributed by atoms with Gasteiger partial charge >= 0.3 is 5.97 Å². The summed E-state index contributed by atoms with van der Waals surface area (Å²) in [6.07, 6.45) is 0.266. The second-order valence-corrected chi connectivity index (χ2v) is 8.32. The fourth-order valence-electron chi connectivity index (χ4n) is 4.01. The number of fused-ring (bicyclic) bond motifs is 3. The molecule has 136 valence electrons. The van der Waals surface area contributed by atoms with Crippen LogP contribution in [0.1, 0.15) is 27.1 Å². The Morgan fingerprint density at radius 1 is 1.38 bits per heavy atom. The second kappa shape index (κ2) is 6.09. The van der Waals surface area contributed by atoms with Gasteiger partial charge in [-0.3, -0.25) is 9.59 Å². The highest BCUT2D eigenvalue weighted by atomic mass is 32.1. The third-order valence-electron chi connectivity index (χ3n) is 5.41. The molecule has 1 saturated heterocycles. The number of para-hydroxylation sites is 1. The van der Waals surface area contributed by atoms with E-state index in [1.165, 1.54) is 11.3 Å². The first-order chi connectivity index (χ1) is 12.4. The van der Waals surface area contributed by atoms with Gasteiger partial charge in [0.05, 0.1) is 17.1 Å². The molecule has 0 saturated carbocycles. The molecule has 2 aliphatic heterocycles. The minimum absolute atomic E-state index is 0.0516. The van der Waals surface area contributed by atoms with Gasteiger partial charge in [0.1, 0.15) is 17.8 Å². The largest absolute Gasteiger partial charge is 0.492 e. The Hall–Kier alpha value is -2.41. The molecule has 1 aromatic carbocycles. The summed E-state index contributed by atoms with van der Waals surface area (Å²) < 4.78 is 5.74. The molecule has 7 heteroatoms. The maximum absolute atomic E-state index is 12.9. The van der Waals surface area contributed by atoms with Crippen LogP contribution in [-0.2, 0) is 16.0 Å². The molecule has 1 fully saturated rings. The molecule has 0 radical (unpaired) electrons. The van der Waals surface area contributed by atoms with Gasteiger partial charge in [-0.2, -0.15) is 0 Å². The normalized spacial score (nSPS) is 23.9. The van der Waals surface area contributed by atoms with E-state index in [4.69, 9.17) is 4.74 Å². The Labute approximate surface area is 155 Å². The van der Waals surface area contributed by atoms with Gasteiger partial charge < -0.3 is 14.7 Å². The molecule has 2 aliphatic rings. The molecule has 26 heavy (non-hydrogen) atoms. The van der Waals surface area contributed by atoms with E-state index in [0.717, 1.165) is 26.9 Å². The summed E-state index contributed by atoms with van der Waals surface area (Å²) in [5, 5.41) is 10.9. The molecular formula is C19H20N2O4S. The fraction of sp³-hybridized carbons (Fsp3) is 0.421. The van der Waals surface area contributed by atoms with E-state index in [2.05, 4.69) is 4.98 Å². The highest BCUT2D eigenvalue weighted by Gasteiger charge is 2.57. The van der Waals surface area contributed by atoms with E-state index >= 15 is 0 Å². The van der Waals surface area contributed by atoms with Crippen molar-refractivity contribution in [2.75, 3.05) is 19.7 Å². The number of carbonyl (C=O) groups is 2. The molecule has 0 aliphatic carbocycles. The van der Waals surface area contributed by atoms with Gasteiger partial charge in [0.15, 0.2) is 0 Å². The quantitative estimate of drug-likeness (QED) is 0.895. The number of aryl methyl sites for hydroxylation is 2. The Kier molecular flexibility index (Phi) is 3.99. The summed E-state index contributed by atoms with van der Waals surface area (Å²) in [4.78, 5) is 32.0. The zero-order valence-electron chi connectivity index (χ0n) is 14.7. The number of thiazole rings is 1. The van der Waals surface area contributed by atoms with Crippen LogP contribution in [0.15, 0.2) is 24.3 Å². The van der Waals surface area contributed by atoms with Crippen LogP contribution in [0.3, 0.4) is 0 Å². The minimum atomic E-state index is -1.08. The lowest BCUT2D eigenvalue weighted by molar-refractivity contribution is -0.152. The topological polar surface area (TPSA) is 79.7 Å². The molecule has 0 unspecified atom stereocenters. The summed E-state index contributed by atoms with van der Waals surface area (Å²) >= 11 is 1.52. The molecule has 4 rings (SSSR count). The average molecular weight is 372 g/mol. The van der Waals surface area contributed by atoms with Crippen molar-refractivity contribution in [2.24, 2.45) is 5.41 Å². The molecule has 2 atom stereocenters. The molecule has 0 spiro atoms. The third kappa shape index (κ3) is 2.58. The number of carbonyl (C=O) groups excluding carboxylic acids is 1. The lowest BCUT2D eigenvalue weighted by Crippen LogP contribution is -2.46. The summed E-state index contributed by atoms with van der Waals surface area (Å²) in [6, 6.07) is 7.52. The van der Waals surface area contributed by atoms with Gasteiger partial charge in [-0.05, 0) is 19.9 Å². The number of aromatic nitrogens is 1. The number of carboxylic acid groups (broad SMARTS) is 1. The number of rotatable bonds is 3. The first-order valence-corrected chi connectivity index (χ1v) is 9.38. The van der Waals surface area contributed by atoms with Crippen molar-refractivity contribution in [3.8, 4) is 5.75 Å². The minimum Gasteiger partial charge on any atom is -0.492 e. The van der Waals surface area contributed by atoms with Crippen molar-refractivity contribution in [1.29, 1.82) is 0 Å². The number of benzene rings is 1. The van der Waals surface area contributed by atoms with Crippen LogP contribution < -0.4 is 4.74 Å². The van der Waals surface area contributed by atoms with Crippen LogP contribution in [-0.4, -0.2) is 46.6 Å². The highest BCUT2D eigenvalue weighted by molar-refractivity contribution is 7.11. The van der Waals surface area contributed by atoms with Crippen LogP contribution in [0.2, 0.25) is 0 Å². The highest BCUT2D eigenvalue weighted by Crippen LogP contribution is 2.49. The molecule has 3 heterocycles. The number of aliphatic carboxylic acids is 1.